The number of nitrogens with one attached hydrogen (secondary N) is 1. The molecule has 1 aromatic rings. The van der Waals surface area contributed by atoms with Gasteiger partial charge in [-0.05, 0) is 38.1 Å². The molecule has 0 spiro atoms. The van der Waals surface area contributed by atoms with Crippen LogP contribution in [0.4, 0.5) is 5.69 Å². The minimum absolute atomic E-state index is 0. The second kappa shape index (κ2) is 8.58. The molecule has 1 N–H and O–H groups in total. The van der Waals surface area contributed by atoms with Gasteiger partial charge in [0.1, 0.15) is 0 Å². The molecule has 5 nitrogen and oxygen atoms in total. The number of likely N-dealkylation sites (tertiary alicyclic amines) is 1. The molecule has 0 bridgehead atoms. The van der Waals surface area contributed by atoms with Gasteiger partial charge in [-0.2, -0.15) is 0 Å². The van der Waals surface area contributed by atoms with Gasteiger partial charge < -0.3 is 15.1 Å². The summed E-state index contributed by atoms with van der Waals surface area (Å²) in [5.41, 5.74) is 0.654. The fraction of sp³-hybridized carbons (Fsp3) is 0.529. The molecule has 2 fully saturated rings. The maximum Gasteiger partial charge on any atom is 0.228 e. The minimum atomic E-state index is -0.290. The van der Waals surface area contributed by atoms with E-state index in [2.05, 4.69) is 5.32 Å². The fourth-order valence-electron chi connectivity index (χ4n) is 3.46. The standard InChI is InChI=1S/C17H21Cl2N3O2.ClH/c1-20-14-2-4-21(5-3-14)17(24)11-6-16(23)22(10-11)15-8-12(18)7-13(19)9-15;/h7-9,11,14,20H,2-6,10H2,1H3;1H. The summed E-state index contributed by atoms with van der Waals surface area (Å²) in [5, 5.41) is 4.22. The van der Waals surface area contributed by atoms with Crippen LogP contribution in [-0.2, 0) is 9.59 Å². The molecule has 2 saturated heterocycles. The summed E-state index contributed by atoms with van der Waals surface area (Å²) in [6, 6.07) is 5.51. The van der Waals surface area contributed by atoms with Crippen molar-refractivity contribution < 1.29 is 9.59 Å². The highest BCUT2D eigenvalue weighted by atomic mass is 35.5. The average molecular weight is 407 g/mol. The predicted octanol–water partition coefficient (Wildman–Crippen LogP) is 2.98. The molecule has 0 aliphatic carbocycles. The third-order valence-corrected chi connectivity index (χ3v) is 5.28. The van der Waals surface area contributed by atoms with Gasteiger partial charge in [-0.3, -0.25) is 9.59 Å². The number of nitrogens with zero attached hydrogens (tertiary/aromatic N) is 2. The van der Waals surface area contributed by atoms with Gasteiger partial charge in [-0.15, -0.1) is 12.4 Å². The Morgan fingerprint density at radius 1 is 1.16 bits per heavy atom. The number of hydrogen-bond acceptors (Lipinski definition) is 3. The Kier molecular flexibility index (Phi) is 6.97. The van der Waals surface area contributed by atoms with E-state index < -0.39 is 0 Å². The highest BCUT2D eigenvalue weighted by molar-refractivity contribution is 6.35. The van der Waals surface area contributed by atoms with Gasteiger partial charge >= 0.3 is 0 Å². The number of hydrogen-bond donors (Lipinski definition) is 1. The topological polar surface area (TPSA) is 52.7 Å². The van der Waals surface area contributed by atoms with E-state index in [1.165, 1.54) is 0 Å². The van der Waals surface area contributed by atoms with Crippen molar-refractivity contribution in [1.29, 1.82) is 0 Å². The van der Waals surface area contributed by atoms with Crippen LogP contribution in [0.5, 0.6) is 0 Å². The van der Waals surface area contributed by atoms with Crippen LogP contribution in [-0.4, -0.2) is 49.4 Å². The number of benzene rings is 1. The zero-order valence-electron chi connectivity index (χ0n) is 14.0. The number of piperidine rings is 1. The molecule has 0 saturated carbocycles. The SMILES string of the molecule is CNC1CCN(C(=O)C2CC(=O)N(c3cc(Cl)cc(Cl)c3)C2)CC1.Cl. The van der Waals surface area contributed by atoms with Crippen molar-refractivity contribution in [2.75, 3.05) is 31.6 Å². The molecule has 1 unspecified atom stereocenters. The molecule has 3 rings (SSSR count). The van der Waals surface area contributed by atoms with Crippen molar-refractivity contribution in [3.8, 4) is 0 Å². The zero-order valence-corrected chi connectivity index (χ0v) is 16.3. The molecule has 2 aliphatic rings. The van der Waals surface area contributed by atoms with Crippen molar-refractivity contribution in [2.24, 2.45) is 5.92 Å². The first kappa shape index (κ1) is 20.3. The van der Waals surface area contributed by atoms with Gasteiger partial charge in [-0.1, -0.05) is 23.2 Å². The Morgan fingerprint density at radius 2 is 1.76 bits per heavy atom. The lowest BCUT2D eigenvalue weighted by molar-refractivity contribution is -0.136. The van der Waals surface area contributed by atoms with E-state index in [1.54, 1.807) is 23.1 Å². The Balaban J connectivity index is 0.00000225. The first-order valence-corrected chi connectivity index (χ1v) is 8.96. The summed E-state index contributed by atoms with van der Waals surface area (Å²) in [5.74, 6) is -0.272. The molecular formula is C17H22Cl3N3O2. The number of carbonyl (C=O) groups excluding carboxylic acids is 2. The van der Waals surface area contributed by atoms with Gasteiger partial charge in [0.05, 0.1) is 5.92 Å². The molecule has 25 heavy (non-hydrogen) atoms. The van der Waals surface area contributed by atoms with Gasteiger partial charge in [0.25, 0.3) is 0 Å². The normalized spacial score (nSPS) is 21.4. The first-order valence-electron chi connectivity index (χ1n) is 8.20. The smallest absolute Gasteiger partial charge is 0.228 e. The average Bonchev–Trinajstić information content (AvgIpc) is 2.95. The van der Waals surface area contributed by atoms with Crippen LogP contribution in [0, 0.1) is 5.92 Å². The van der Waals surface area contributed by atoms with Crippen LogP contribution in [0.2, 0.25) is 10.0 Å². The number of carbonyl (C=O) groups is 2. The lowest BCUT2D eigenvalue weighted by Crippen LogP contribution is -2.46. The van der Waals surface area contributed by atoms with Crippen molar-refractivity contribution in [3.05, 3.63) is 28.2 Å². The lowest BCUT2D eigenvalue weighted by atomic mass is 10.0. The van der Waals surface area contributed by atoms with Crippen LogP contribution < -0.4 is 10.2 Å². The Hall–Kier alpha value is -1.01. The van der Waals surface area contributed by atoms with Gasteiger partial charge in [-0.25, -0.2) is 0 Å². The van der Waals surface area contributed by atoms with E-state index in [0.29, 0.717) is 28.3 Å². The van der Waals surface area contributed by atoms with Crippen LogP contribution in [0.1, 0.15) is 19.3 Å². The monoisotopic (exact) mass is 405 g/mol. The molecule has 0 aromatic heterocycles. The maximum absolute atomic E-state index is 12.7. The summed E-state index contributed by atoms with van der Waals surface area (Å²) >= 11 is 12.0. The largest absolute Gasteiger partial charge is 0.342 e. The summed E-state index contributed by atoms with van der Waals surface area (Å²) in [4.78, 5) is 28.6. The minimum Gasteiger partial charge on any atom is -0.342 e. The maximum atomic E-state index is 12.7. The van der Waals surface area contributed by atoms with E-state index in [0.717, 1.165) is 25.9 Å². The fourth-order valence-corrected chi connectivity index (χ4v) is 3.98. The third-order valence-electron chi connectivity index (χ3n) is 4.85. The molecule has 138 valence electrons. The number of amides is 2. The van der Waals surface area contributed by atoms with Crippen LogP contribution in [0.15, 0.2) is 18.2 Å². The number of halogens is 3. The van der Waals surface area contributed by atoms with Crippen LogP contribution in [0.3, 0.4) is 0 Å². The van der Waals surface area contributed by atoms with E-state index >= 15 is 0 Å². The van der Waals surface area contributed by atoms with Crippen molar-refractivity contribution >= 4 is 53.1 Å². The Morgan fingerprint density at radius 3 is 2.32 bits per heavy atom. The molecule has 1 atom stereocenters. The second-order valence-corrected chi connectivity index (χ2v) is 7.29. The highest BCUT2D eigenvalue weighted by Gasteiger charge is 2.38. The molecule has 2 amide bonds. The van der Waals surface area contributed by atoms with Gasteiger partial charge in [0.2, 0.25) is 11.8 Å². The number of anilines is 1. The molecular weight excluding hydrogens is 385 g/mol. The zero-order chi connectivity index (χ0) is 17.3. The predicted molar refractivity (Wildman–Crippen MR) is 103 cm³/mol. The van der Waals surface area contributed by atoms with Crippen molar-refractivity contribution in [2.45, 2.75) is 25.3 Å². The van der Waals surface area contributed by atoms with E-state index in [1.807, 2.05) is 11.9 Å². The van der Waals surface area contributed by atoms with Gasteiger partial charge in [0, 0.05) is 47.8 Å². The molecule has 2 aliphatic heterocycles. The lowest BCUT2D eigenvalue weighted by Gasteiger charge is -2.33. The van der Waals surface area contributed by atoms with Gasteiger partial charge in [0.15, 0.2) is 0 Å². The second-order valence-electron chi connectivity index (χ2n) is 6.42. The number of rotatable bonds is 3. The third kappa shape index (κ3) is 4.59. The van der Waals surface area contributed by atoms with E-state index in [4.69, 9.17) is 23.2 Å². The van der Waals surface area contributed by atoms with Crippen molar-refractivity contribution in [3.63, 3.8) is 0 Å². The van der Waals surface area contributed by atoms with Crippen LogP contribution >= 0.6 is 35.6 Å². The Bertz CT molecular complexity index is 628. The van der Waals surface area contributed by atoms with Crippen LogP contribution in [0.25, 0.3) is 0 Å². The van der Waals surface area contributed by atoms with E-state index in [9.17, 15) is 9.59 Å². The Labute approximate surface area is 164 Å². The van der Waals surface area contributed by atoms with Crippen molar-refractivity contribution in [1.82, 2.24) is 10.2 Å². The summed E-state index contributed by atoms with van der Waals surface area (Å²) in [7, 11) is 1.95. The first-order chi connectivity index (χ1) is 11.5. The summed E-state index contributed by atoms with van der Waals surface area (Å²) in [6.45, 7) is 1.89. The summed E-state index contributed by atoms with van der Waals surface area (Å²) < 4.78 is 0. The van der Waals surface area contributed by atoms with E-state index in [-0.39, 0.29) is 36.6 Å². The highest BCUT2D eigenvalue weighted by Crippen LogP contribution is 2.31. The quantitative estimate of drug-likeness (QED) is 0.839. The molecule has 0 radical (unpaired) electrons. The molecule has 8 heteroatoms. The molecule has 2 heterocycles. The summed E-state index contributed by atoms with van der Waals surface area (Å²) in [6.07, 6.45) is 2.15. The molecule has 1 aromatic carbocycles.